The summed E-state index contributed by atoms with van der Waals surface area (Å²) in [5.74, 6) is 0.321. The van der Waals surface area contributed by atoms with Crippen molar-refractivity contribution in [3.05, 3.63) is 117 Å². The summed E-state index contributed by atoms with van der Waals surface area (Å²) in [5, 5.41) is 2.84. The quantitative estimate of drug-likeness (QED) is 0.354. The van der Waals surface area contributed by atoms with Crippen molar-refractivity contribution in [2.45, 2.75) is 26.1 Å². The molecule has 8 heteroatoms. The lowest BCUT2D eigenvalue weighted by Crippen LogP contribution is -2.35. The molecule has 2 N–H and O–H groups in total. The minimum atomic E-state index is -4.81. The number of carbonyl (C=O) groups excluding carboxylic acids is 1. The van der Waals surface area contributed by atoms with Gasteiger partial charge >= 0.3 is 6.18 Å². The average molecular weight is 490 g/mol. The van der Waals surface area contributed by atoms with E-state index in [-0.39, 0.29) is 11.1 Å². The van der Waals surface area contributed by atoms with Gasteiger partial charge in [0.2, 0.25) is 0 Å². The van der Waals surface area contributed by atoms with Crippen molar-refractivity contribution in [1.29, 1.82) is 0 Å². The van der Waals surface area contributed by atoms with E-state index in [1.54, 1.807) is 18.2 Å². The number of amides is 1. The Morgan fingerprint density at radius 3 is 2.03 bits per heavy atom. The molecule has 0 saturated carbocycles. The Morgan fingerprint density at radius 1 is 0.889 bits per heavy atom. The summed E-state index contributed by atoms with van der Waals surface area (Å²) in [6, 6.07) is 19.2. The molecule has 1 aliphatic heterocycles. The topological polar surface area (TPSA) is 71.2 Å². The number of alkyl halides is 3. The fraction of sp³-hybridized carbons (Fsp3) is 0.143. The van der Waals surface area contributed by atoms with Gasteiger partial charge in [-0.1, -0.05) is 54.6 Å². The number of ether oxygens (including phenoxy) is 1. The van der Waals surface area contributed by atoms with Crippen LogP contribution in [-0.4, -0.2) is 10.9 Å². The van der Waals surface area contributed by atoms with E-state index >= 15 is 0 Å². The molecule has 3 aromatic carbocycles. The molecule has 0 aliphatic carbocycles. The number of aromatic nitrogens is 1. The summed E-state index contributed by atoms with van der Waals surface area (Å²) in [4.78, 5) is 28.0. The summed E-state index contributed by atoms with van der Waals surface area (Å²) in [6.45, 7) is 3.83. The maximum Gasteiger partial charge on any atom is 0.431 e. The maximum absolute atomic E-state index is 13.7. The molecule has 0 unspecified atom stereocenters. The van der Waals surface area contributed by atoms with Crippen molar-refractivity contribution in [1.82, 2.24) is 10.3 Å². The van der Waals surface area contributed by atoms with Gasteiger partial charge in [-0.2, -0.15) is 13.2 Å². The van der Waals surface area contributed by atoms with E-state index in [1.807, 2.05) is 55.2 Å². The number of H-pyrrole nitrogens is 1. The van der Waals surface area contributed by atoms with Gasteiger partial charge in [-0.25, -0.2) is 0 Å². The molecule has 5 nitrogen and oxygen atoms in total. The number of nitrogens with one attached hydrogen (secondary N) is 2. The third-order valence-corrected chi connectivity index (χ3v) is 6.11. The van der Waals surface area contributed by atoms with Gasteiger partial charge in [0.05, 0.1) is 6.04 Å². The second-order valence-electron chi connectivity index (χ2n) is 8.76. The monoisotopic (exact) mass is 490 g/mol. The summed E-state index contributed by atoms with van der Waals surface area (Å²) in [7, 11) is 0. The number of pyridine rings is 1. The zero-order valence-corrected chi connectivity index (χ0v) is 19.4. The zero-order valence-electron chi connectivity index (χ0n) is 19.4. The van der Waals surface area contributed by atoms with Crippen molar-refractivity contribution in [3.63, 3.8) is 0 Å². The summed E-state index contributed by atoms with van der Waals surface area (Å²) < 4.78 is 47.3. The van der Waals surface area contributed by atoms with Crippen molar-refractivity contribution < 1.29 is 22.7 Å². The predicted octanol–water partition coefficient (Wildman–Crippen LogP) is 6.30. The number of fused-ring (bicyclic) bond motifs is 2. The molecule has 0 radical (unpaired) electrons. The Labute approximate surface area is 204 Å². The molecule has 36 heavy (non-hydrogen) atoms. The highest BCUT2D eigenvalue weighted by molar-refractivity contribution is 5.96. The van der Waals surface area contributed by atoms with Gasteiger partial charge in [-0.3, -0.25) is 9.59 Å². The Hall–Kier alpha value is -4.33. The van der Waals surface area contributed by atoms with Gasteiger partial charge in [-0.05, 0) is 48.7 Å². The average Bonchev–Trinajstić information content (AvgIpc) is 2.83. The SMILES string of the molecule is Cc1ccc2c(c1)Oc1cc(C)ccc1C2NC(=O)c1cc(-c2ccccc2)c(C(F)(F)F)[nH]c1=O. The van der Waals surface area contributed by atoms with Gasteiger partial charge in [-0.15, -0.1) is 0 Å². The highest BCUT2D eigenvalue weighted by Crippen LogP contribution is 2.43. The second-order valence-corrected chi connectivity index (χ2v) is 8.76. The minimum Gasteiger partial charge on any atom is -0.457 e. The van der Waals surface area contributed by atoms with E-state index in [1.165, 1.54) is 12.1 Å². The lowest BCUT2D eigenvalue weighted by molar-refractivity contribution is -0.140. The lowest BCUT2D eigenvalue weighted by atomic mass is 9.92. The van der Waals surface area contributed by atoms with Gasteiger partial charge < -0.3 is 15.0 Å². The van der Waals surface area contributed by atoms with Crippen LogP contribution in [-0.2, 0) is 6.18 Å². The molecule has 1 aromatic heterocycles. The molecule has 1 aliphatic rings. The first-order valence-corrected chi connectivity index (χ1v) is 11.2. The highest BCUT2D eigenvalue weighted by atomic mass is 19.4. The molecular formula is C28H21F3N2O3. The van der Waals surface area contributed by atoms with Gasteiger partial charge in [0, 0.05) is 16.7 Å². The number of aromatic amines is 1. The number of hydrogen-bond donors (Lipinski definition) is 2. The number of aryl methyl sites for hydroxylation is 2. The van der Waals surface area contributed by atoms with Crippen molar-refractivity contribution >= 4 is 5.91 Å². The zero-order chi connectivity index (χ0) is 25.6. The van der Waals surface area contributed by atoms with Crippen LogP contribution in [0.5, 0.6) is 11.5 Å². The summed E-state index contributed by atoms with van der Waals surface area (Å²) >= 11 is 0. The summed E-state index contributed by atoms with van der Waals surface area (Å²) in [6.07, 6.45) is -4.81. The van der Waals surface area contributed by atoms with Crippen LogP contribution < -0.4 is 15.6 Å². The Morgan fingerprint density at radius 2 is 1.47 bits per heavy atom. The molecule has 0 saturated heterocycles. The molecule has 0 atom stereocenters. The summed E-state index contributed by atoms with van der Waals surface area (Å²) in [5.41, 5.74) is 0.463. The normalized spacial score (nSPS) is 12.9. The Bertz CT molecular complexity index is 1490. The second kappa shape index (κ2) is 8.71. The molecule has 1 amide bonds. The van der Waals surface area contributed by atoms with Crippen LogP contribution in [0, 0.1) is 13.8 Å². The molecule has 0 fully saturated rings. The predicted molar refractivity (Wildman–Crippen MR) is 129 cm³/mol. The smallest absolute Gasteiger partial charge is 0.431 e. The van der Waals surface area contributed by atoms with Gasteiger partial charge in [0.1, 0.15) is 22.8 Å². The molecule has 0 spiro atoms. The van der Waals surface area contributed by atoms with Crippen LogP contribution in [0.3, 0.4) is 0 Å². The number of hydrogen-bond acceptors (Lipinski definition) is 3. The van der Waals surface area contributed by atoms with E-state index in [2.05, 4.69) is 5.32 Å². The molecule has 2 heterocycles. The van der Waals surface area contributed by atoms with E-state index in [0.717, 1.165) is 17.2 Å². The van der Waals surface area contributed by atoms with E-state index < -0.39 is 34.9 Å². The Balaban J connectivity index is 1.60. The largest absolute Gasteiger partial charge is 0.457 e. The van der Waals surface area contributed by atoms with Crippen molar-refractivity contribution in [2.75, 3.05) is 0 Å². The third-order valence-electron chi connectivity index (χ3n) is 6.11. The van der Waals surface area contributed by atoms with E-state index in [9.17, 15) is 22.8 Å². The van der Waals surface area contributed by atoms with Crippen molar-refractivity contribution in [2.24, 2.45) is 0 Å². The van der Waals surface area contributed by atoms with Crippen LogP contribution >= 0.6 is 0 Å². The first kappa shape index (κ1) is 23.4. The van der Waals surface area contributed by atoms with E-state index in [0.29, 0.717) is 22.6 Å². The minimum absolute atomic E-state index is 0.225. The molecule has 182 valence electrons. The maximum atomic E-state index is 13.7. The van der Waals surface area contributed by atoms with Crippen LogP contribution in [0.25, 0.3) is 11.1 Å². The first-order valence-electron chi connectivity index (χ1n) is 11.2. The molecule has 5 rings (SSSR count). The number of carbonyl (C=O) groups is 1. The fourth-order valence-corrected chi connectivity index (χ4v) is 4.36. The number of benzene rings is 3. The number of rotatable bonds is 3. The molecule has 0 bridgehead atoms. The number of halogens is 3. The highest BCUT2D eigenvalue weighted by Gasteiger charge is 2.37. The third kappa shape index (κ3) is 4.26. The van der Waals surface area contributed by atoms with Gasteiger partial charge in [0.15, 0.2) is 0 Å². The fourth-order valence-electron chi connectivity index (χ4n) is 4.36. The van der Waals surface area contributed by atoms with E-state index in [4.69, 9.17) is 4.74 Å². The standard InChI is InChI=1S/C28H21F3N2O3/c1-15-8-10-18-22(12-15)36-23-13-16(2)9-11-19(23)24(18)32-26(34)21-14-20(17-6-4-3-5-7-17)25(28(29,30)31)33-27(21)35/h3-14,24H,1-2H3,(H,32,34)(H,33,35). The van der Waals surface area contributed by atoms with Crippen LogP contribution in [0.4, 0.5) is 13.2 Å². The van der Waals surface area contributed by atoms with Crippen molar-refractivity contribution in [3.8, 4) is 22.6 Å². The first-order chi connectivity index (χ1) is 17.1. The van der Waals surface area contributed by atoms with Gasteiger partial charge in [0.25, 0.3) is 11.5 Å². The molecular weight excluding hydrogens is 469 g/mol. The van der Waals surface area contributed by atoms with Crippen LogP contribution in [0.15, 0.2) is 77.6 Å². The van der Waals surface area contributed by atoms with Crippen LogP contribution in [0.2, 0.25) is 0 Å². The Kier molecular flexibility index (Phi) is 5.67. The lowest BCUT2D eigenvalue weighted by Gasteiger charge is -2.29. The van der Waals surface area contributed by atoms with Crippen LogP contribution in [0.1, 0.15) is 44.3 Å². The molecule has 4 aromatic rings.